The molecule has 0 bridgehead atoms. The number of carbonyl (C=O) groups excluding carboxylic acids is 2. The summed E-state index contributed by atoms with van der Waals surface area (Å²) in [5.74, 6) is 0.0242. The predicted octanol–water partition coefficient (Wildman–Crippen LogP) is 2.83. The summed E-state index contributed by atoms with van der Waals surface area (Å²) in [4.78, 5) is 31.7. The second-order valence-electron chi connectivity index (χ2n) is 6.48. The van der Waals surface area contributed by atoms with Crippen LogP contribution in [0.3, 0.4) is 0 Å². The number of nitrogens with two attached hydrogens (primary N) is 1. The summed E-state index contributed by atoms with van der Waals surface area (Å²) in [5, 5.41) is 0. The predicted molar refractivity (Wildman–Crippen MR) is 95.6 cm³/mol. The van der Waals surface area contributed by atoms with Gasteiger partial charge in [-0.1, -0.05) is 29.8 Å². The molecule has 3 atom stereocenters. The van der Waals surface area contributed by atoms with Crippen molar-refractivity contribution in [1.82, 2.24) is 9.88 Å². The Morgan fingerprint density at radius 2 is 2.21 bits per heavy atom. The average Bonchev–Trinajstić information content (AvgIpc) is 3.01. The van der Waals surface area contributed by atoms with Gasteiger partial charge < -0.3 is 10.6 Å². The molecule has 1 aromatic carbocycles. The van der Waals surface area contributed by atoms with Gasteiger partial charge in [0.05, 0.1) is 4.88 Å². The number of primary amides is 1. The van der Waals surface area contributed by atoms with E-state index < -0.39 is 11.9 Å². The van der Waals surface area contributed by atoms with Crippen molar-refractivity contribution in [2.75, 3.05) is 6.54 Å². The number of carbonyl (C=O) groups is 2. The van der Waals surface area contributed by atoms with E-state index in [0.29, 0.717) is 22.1 Å². The maximum Gasteiger partial charge on any atom is 0.274 e. The number of piperidine rings is 1. The standard InChI is InChI=1S/C17H16BrN3O2S/c1-8-3-2-4-9(5-8)14-12(20-17(18)24-14)16(23)21-7-10-6-11(10)13(21)15(19)22/h2-5,10-11,13H,6-7H2,1H3,(H2,19,22)/t10-,11-,13+/m1/s1. The number of hydrogen-bond acceptors (Lipinski definition) is 4. The molecule has 2 N–H and O–H groups in total. The molecule has 2 amide bonds. The second kappa shape index (κ2) is 5.67. The SMILES string of the molecule is Cc1cccc(-c2sc(Br)nc2C(=O)N2C[C@H]3C[C@H]3[C@H]2C(N)=O)c1. The Balaban J connectivity index is 1.72. The highest BCUT2D eigenvalue weighted by molar-refractivity contribution is 9.11. The average molecular weight is 406 g/mol. The molecular weight excluding hydrogens is 390 g/mol. The van der Waals surface area contributed by atoms with Gasteiger partial charge in [-0.15, -0.1) is 11.3 Å². The molecule has 1 saturated carbocycles. The largest absolute Gasteiger partial charge is 0.368 e. The third-order valence-electron chi connectivity index (χ3n) is 4.79. The van der Waals surface area contributed by atoms with Crippen LogP contribution in [0.1, 0.15) is 22.5 Å². The van der Waals surface area contributed by atoms with Gasteiger partial charge in [0.15, 0.2) is 3.92 Å². The van der Waals surface area contributed by atoms with Gasteiger partial charge in [0.1, 0.15) is 11.7 Å². The molecule has 5 nitrogen and oxygen atoms in total. The van der Waals surface area contributed by atoms with Crippen molar-refractivity contribution in [2.45, 2.75) is 19.4 Å². The van der Waals surface area contributed by atoms with Gasteiger partial charge >= 0.3 is 0 Å². The smallest absolute Gasteiger partial charge is 0.274 e. The summed E-state index contributed by atoms with van der Waals surface area (Å²) < 4.78 is 0.655. The van der Waals surface area contributed by atoms with Crippen molar-refractivity contribution in [3.8, 4) is 10.4 Å². The van der Waals surface area contributed by atoms with Crippen LogP contribution in [-0.2, 0) is 4.79 Å². The third kappa shape index (κ3) is 2.56. The first-order chi connectivity index (χ1) is 11.5. The number of aromatic nitrogens is 1. The lowest BCUT2D eigenvalue weighted by molar-refractivity contribution is -0.122. The third-order valence-corrected chi connectivity index (χ3v) is 6.34. The van der Waals surface area contributed by atoms with Crippen molar-refractivity contribution in [1.29, 1.82) is 0 Å². The van der Waals surface area contributed by atoms with Gasteiger partial charge in [-0.25, -0.2) is 4.98 Å². The van der Waals surface area contributed by atoms with Crippen LogP contribution in [0.2, 0.25) is 0 Å². The molecule has 0 spiro atoms. The Labute approximate surface area is 152 Å². The van der Waals surface area contributed by atoms with Crippen LogP contribution in [-0.4, -0.2) is 34.3 Å². The van der Waals surface area contributed by atoms with Gasteiger partial charge in [0.2, 0.25) is 5.91 Å². The van der Waals surface area contributed by atoms with Gasteiger partial charge in [-0.05, 0) is 46.7 Å². The van der Waals surface area contributed by atoms with Gasteiger partial charge in [-0.2, -0.15) is 0 Å². The number of likely N-dealkylation sites (tertiary alicyclic amines) is 1. The van der Waals surface area contributed by atoms with Gasteiger partial charge in [0, 0.05) is 6.54 Å². The van der Waals surface area contributed by atoms with E-state index in [1.807, 2.05) is 31.2 Å². The Kier molecular flexibility index (Phi) is 3.73. The quantitative estimate of drug-likeness (QED) is 0.852. The Morgan fingerprint density at radius 1 is 1.42 bits per heavy atom. The summed E-state index contributed by atoms with van der Waals surface area (Å²) in [6, 6.07) is 7.48. The van der Waals surface area contributed by atoms with Crippen LogP contribution >= 0.6 is 27.3 Å². The highest BCUT2D eigenvalue weighted by Gasteiger charge is 2.56. The first kappa shape index (κ1) is 15.8. The van der Waals surface area contributed by atoms with Gasteiger partial charge in [0.25, 0.3) is 5.91 Å². The Hall–Kier alpha value is -1.73. The summed E-state index contributed by atoms with van der Waals surface area (Å²) >= 11 is 4.81. The molecule has 4 rings (SSSR count). The molecule has 2 heterocycles. The lowest BCUT2D eigenvalue weighted by atomic mass is 10.1. The van der Waals surface area contributed by atoms with Crippen LogP contribution < -0.4 is 5.73 Å². The first-order valence-corrected chi connectivity index (χ1v) is 9.40. The molecular formula is C17H16BrN3O2S. The fraction of sp³-hybridized carbons (Fsp3) is 0.353. The number of thiazole rings is 1. The number of amides is 2. The number of benzene rings is 1. The summed E-state index contributed by atoms with van der Waals surface area (Å²) in [5.41, 5.74) is 8.01. The molecule has 1 aliphatic carbocycles. The normalized spacial score (nSPS) is 24.8. The number of aryl methyl sites for hydroxylation is 1. The molecule has 1 saturated heterocycles. The monoisotopic (exact) mass is 405 g/mol. The fourth-order valence-electron chi connectivity index (χ4n) is 3.60. The van der Waals surface area contributed by atoms with E-state index in [-0.39, 0.29) is 11.8 Å². The minimum absolute atomic E-state index is 0.204. The molecule has 0 radical (unpaired) electrons. The van der Waals surface area contributed by atoms with Crippen LogP contribution in [0, 0.1) is 18.8 Å². The van der Waals surface area contributed by atoms with E-state index in [2.05, 4.69) is 20.9 Å². The summed E-state index contributed by atoms with van der Waals surface area (Å²) in [7, 11) is 0. The van der Waals surface area contributed by atoms with E-state index in [1.165, 1.54) is 11.3 Å². The summed E-state index contributed by atoms with van der Waals surface area (Å²) in [6.45, 7) is 2.61. The Morgan fingerprint density at radius 3 is 2.92 bits per heavy atom. The van der Waals surface area contributed by atoms with Crippen molar-refractivity contribution in [3.63, 3.8) is 0 Å². The zero-order valence-corrected chi connectivity index (χ0v) is 15.4. The van der Waals surface area contributed by atoms with E-state index in [0.717, 1.165) is 22.4 Å². The first-order valence-electron chi connectivity index (χ1n) is 7.79. The molecule has 0 unspecified atom stereocenters. The van der Waals surface area contributed by atoms with E-state index in [1.54, 1.807) is 4.90 Å². The van der Waals surface area contributed by atoms with Gasteiger partial charge in [-0.3, -0.25) is 9.59 Å². The number of hydrogen-bond donors (Lipinski definition) is 1. The Bertz CT molecular complexity index is 850. The molecule has 2 aliphatic rings. The highest BCUT2D eigenvalue weighted by atomic mass is 79.9. The van der Waals surface area contributed by atoms with Crippen molar-refractivity contribution in [2.24, 2.45) is 17.6 Å². The van der Waals surface area contributed by atoms with Crippen LogP contribution in [0.5, 0.6) is 0 Å². The maximum atomic E-state index is 13.1. The van der Waals surface area contributed by atoms with Crippen LogP contribution in [0.4, 0.5) is 0 Å². The lowest BCUT2D eigenvalue weighted by Gasteiger charge is -2.24. The molecule has 2 aromatic rings. The topological polar surface area (TPSA) is 76.3 Å². The van der Waals surface area contributed by atoms with Crippen molar-refractivity contribution < 1.29 is 9.59 Å². The molecule has 1 aromatic heterocycles. The number of fused-ring (bicyclic) bond motifs is 1. The minimum atomic E-state index is -0.492. The lowest BCUT2D eigenvalue weighted by Crippen LogP contribution is -2.46. The minimum Gasteiger partial charge on any atom is -0.368 e. The van der Waals surface area contributed by atoms with E-state index >= 15 is 0 Å². The second-order valence-corrected chi connectivity index (χ2v) is 8.75. The number of rotatable bonds is 3. The van der Waals surface area contributed by atoms with E-state index in [4.69, 9.17) is 5.73 Å². The molecule has 2 fully saturated rings. The van der Waals surface area contributed by atoms with Crippen LogP contribution in [0.25, 0.3) is 10.4 Å². The van der Waals surface area contributed by atoms with E-state index in [9.17, 15) is 9.59 Å². The molecule has 1 aliphatic heterocycles. The number of halogens is 1. The summed E-state index contributed by atoms with van der Waals surface area (Å²) in [6.07, 6.45) is 0.989. The number of nitrogens with zero attached hydrogens (tertiary/aromatic N) is 2. The molecule has 24 heavy (non-hydrogen) atoms. The molecule has 7 heteroatoms. The fourth-order valence-corrected chi connectivity index (χ4v) is 5.04. The molecule has 124 valence electrons. The van der Waals surface area contributed by atoms with Crippen molar-refractivity contribution >= 4 is 39.1 Å². The van der Waals surface area contributed by atoms with Crippen molar-refractivity contribution in [3.05, 3.63) is 39.4 Å². The zero-order chi connectivity index (χ0) is 17.0. The maximum absolute atomic E-state index is 13.1. The highest BCUT2D eigenvalue weighted by Crippen LogP contribution is 2.50. The zero-order valence-electron chi connectivity index (χ0n) is 13.0. The van der Waals surface area contributed by atoms with Crippen LogP contribution in [0.15, 0.2) is 28.2 Å².